The largest absolute Gasteiger partial charge is 0.496 e. The molecule has 0 aliphatic carbocycles. The topological polar surface area (TPSA) is 55.8 Å². The van der Waals surface area contributed by atoms with Gasteiger partial charge >= 0.3 is 5.97 Å². The number of benzene rings is 1. The summed E-state index contributed by atoms with van der Waals surface area (Å²) in [5.74, 6) is -0.0119. The Morgan fingerprint density at radius 3 is 2.71 bits per heavy atom. The van der Waals surface area contributed by atoms with Crippen molar-refractivity contribution in [2.45, 2.75) is 19.8 Å². The van der Waals surface area contributed by atoms with Gasteiger partial charge < -0.3 is 14.4 Å². The summed E-state index contributed by atoms with van der Waals surface area (Å²) in [7, 11) is 2.93. The van der Waals surface area contributed by atoms with Gasteiger partial charge in [-0.15, -0.1) is 0 Å². The van der Waals surface area contributed by atoms with Crippen LogP contribution in [0.15, 0.2) is 18.2 Å². The number of likely N-dealkylation sites (tertiary alicyclic amines) is 1. The van der Waals surface area contributed by atoms with E-state index in [1.54, 1.807) is 18.1 Å². The quantitative estimate of drug-likeness (QED) is 0.800. The van der Waals surface area contributed by atoms with Crippen LogP contribution in [0.5, 0.6) is 5.75 Å². The van der Waals surface area contributed by atoms with Gasteiger partial charge in [0.05, 0.1) is 25.7 Å². The maximum atomic E-state index is 12.7. The van der Waals surface area contributed by atoms with Crippen LogP contribution >= 0.6 is 0 Å². The van der Waals surface area contributed by atoms with Crippen LogP contribution in [0, 0.1) is 12.8 Å². The van der Waals surface area contributed by atoms with E-state index in [9.17, 15) is 9.59 Å². The molecule has 5 nitrogen and oxygen atoms in total. The molecule has 0 bridgehead atoms. The van der Waals surface area contributed by atoms with Crippen molar-refractivity contribution in [1.82, 2.24) is 4.90 Å². The second kappa shape index (κ2) is 6.61. The zero-order valence-electron chi connectivity index (χ0n) is 12.7. The number of piperidine rings is 1. The average molecular weight is 291 g/mol. The number of methoxy groups -OCH3 is 2. The molecule has 1 fully saturated rings. The highest BCUT2D eigenvalue weighted by atomic mass is 16.5. The van der Waals surface area contributed by atoms with E-state index in [0.29, 0.717) is 24.4 Å². The minimum Gasteiger partial charge on any atom is -0.496 e. The highest BCUT2D eigenvalue weighted by Gasteiger charge is 2.30. The van der Waals surface area contributed by atoms with E-state index in [-0.39, 0.29) is 17.8 Å². The number of amides is 1. The van der Waals surface area contributed by atoms with Gasteiger partial charge in [0, 0.05) is 13.1 Å². The Morgan fingerprint density at radius 1 is 1.29 bits per heavy atom. The number of rotatable bonds is 3. The summed E-state index contributed by atoms with van der Waals surface area (Å²) < 4.78 is 10.1. The van der Waals surface area contributed by atoms with Crippen molar-refractivity contribution in [2.75, 3.05) is 27.3 Å². The smallest absolute Gasteiger partial charge is 0.310 e. The minimum absolute atomic E-state index is 0.0934. The van der Waals surface area contributed by atoms with Gasteiger partial charge in [-0.2, -0.15) is 0 Å². The Morgan fingerprint density at radius 2 is 2.05 bits per heavy atom. The number of carbonyl (C=O) groups excluding carboxylic acids is 2. The van der Waals surface area contributed by atoms with Crippen LogP contribution in [-0.4, -0.2) is 44.1 Å². The lowest BCUT2D eigenvalue weighted by Gasteiger charge is -2.31. The predicted octanol–water partition coefficient (Wildman–Crippen LogP) is 2.03. The van der Waals surface area contributed by atoms with Crippen molar-refractivity contribution < 1.29 is 19.1 Å². The molecule has 1 aliphatic heterocycles. The van der Waals surface area contributed by atoms with Crippen molar-refractivity contribution in [3.8, 4) is 5.75 Å². The van der Waals surface area contributed by atoms with E-state index in [4.69, 9.17) is 9.47 Å². The minimum atomic E-state index is -0.247. The molecule has 1 aromatic rings. The van der Waals surface area contributed by atoms with Crippen LogP contribution in [0.1, 0.15) is 28.8 Å². The molecule has 1 unspecified atom stereocenters. The molecular weight excluding hydrogens is 270 g/mol. The Bertz CT molecular complexity index is 541. The summed E-state index contributed by atoms with van der Waals surface area (Å²) in [5.41, 5.74) is 1.55. The Labute approximate surface area is 124 Å². The van der Waals surface area contributed by atoms with Crippen molar-refractivity contribution in [3.63, 3.8) is 0 Å². The lowest BCUT2D eigenvalue weighted by Crippen LogP contribution is -2.42. The van der Waals surface area contributed by atoms with Crippen molar-refractivity contribution in [3.05, 3.63) is 29.3 Å². The SMILES string of the molecule is COC(=O)C1CCCN(C(=O)c2cc(C)ccc2OC)C1. The average Bonchev–Trinajstić information content (AvgIpc) is 2.53. The summed E-state index contributed by atoms with van der Waals surface area (Å²) in [6.07, 6.45) is 1.57. The Hall–Kier alpha value is -2.04. The van der Waals surface area contributed by atoms with Crippen LogP contribution < -0.4 is 4.74 Å². The molecule has 5 heteroatoms. The number of nitrogens with zero attached hydrogens (tertiary/aromatic N) is 1. The molecule has 114 valence electrons. The zero-order chi connectivity index (χ0) is 15.4. The van der Waals surface area contributed by atoms with Crippen LogP contribution in [0.2, 0.25) is 0 Å². The van der Waals surface area contributed by atoms with Gasteiger partial charge in [0.15, 0.2) is 0 Å². The van der Waals surface area contributed by atoms with Crippen molar-refractivity contribution >= 4 is 11.9 Å². The predicted molar refractivity (Wildman–Crippen MR) is 78.4 cm³/mol. The monoisotopic (exact) mass is 291 g/mol. The first kappa shape index (κ1) is 15.4. The molecule has 1 heterocycles. The molecule has 1 saturated heterocycles. The molecule has 1 aromatic carbocycles. The molecule has 0 aromatic heterocycles. The van der Waals surface area contributed by atoms with Crippen LogP contribution in [-0.2, 0) is 9.53 Å². The first-order valence-electron chi connectivity index (χ1n) is 7.08. The number of esters is 1. The van der Waals surface area contributed by atoms with Gasteiger partial charge in [-0.05, 0) is 31.9 Å². The summed E-state index contributed by atoms with van der Waals surface area (Å²) in [5, 5.41) is 0. The van der Waals surface area contributed by atoms with E-state index in [2.05, 4.69) is 0 Å². The lowest BCUT2D eigenvalue weighted by atomic mass is 9.97. The van der Waals surface area contributed by atoms with E-state index in [0.717, 1.165) is 18.4 Å². The normalized spacial score (nSPS) is 18.2. The zero-order valence-corrected chi connectivity index (χ0v) is 12.7. The van der Waals surface area contributed by atoms with Gasteiger partial charge in [0.25, 0.3) is 5.91 Å². The molecule has 1 atom stereocenters. The fourth-order valence-corrected chi connectivity index (χ4v) is 2.68. The molecular formula is C16H21NO4. The number of ether oxygens (including phenoxy) is 2. The third kappa shape index (κ3) is 3.35. The van der Waals surface area contributed by atoms with Crippen LogP contribution in [0.3, 0.4) is 0 Å². The van der Waals surface area contributed by atoms with E-state index >= 15 is 0 Å². The molecule has 1 aliphatic rings. The Kier molecular flexibility index (Phi) is 4.83. The number of carbonyl (C=O) groups is 2. The summed E-state index contributed by atoms with van der Waals surface area (Å²) in [4.78, 5) is 26.1. The van der Waals surface area contributed by atoms with E-state index in [1.165, 1.54) is 7.11 Å². The summed E-state index contributed by atoms with van der Waals surface area (Å²) >= 11 is 0. The third-order valence-electron chi connectivity index (χ3n) is 3.83. The second-order valence-electron chi connectivity index (χ2n) is 5.32. The third-order valence-corrected chi connectivity index (χ3v) is 3.83. The number of hydrogen-bond donors (Lipinski definition) is 0. The number of aryl methyl sites for hydroxylation is 1. The van der Waals surface area contributed by atoms with Gasteiger partial charge in [-0.25, -0.2) is 0 Å². The van der Waals surface area contributed by atoms with E-state index in [1.807, 2.05) is 19.1 Å². The van der Waals surface area contributed by atoms with Crippen molar-refractivity contribution in [2.24, 2.45) is 5.92 Å². The van der Waals surface area contributed by atoms with Gasteiger partial charge in [-0.1, -0.05) is 11.6 Å². The van der Waals surface area contributed by atoms with Crippen LogP contribution in [0.4, 0.5) is 0 Å². The fourth-order valence-electron chi connectivity index (χ4n) is 2.68. The maximum absolute atomic E-state index is 12.7. The standard InChI is InChI=1S/C16H21NO4/c1-11-6-7-14(20-2)13(9-11)15(18)17-8-4-5-12(10-17)16(19)21-3/h6-7,9,12H,4-5,8,10H2,1-3H3. The highest BCUT2D eigenvalue weighted by Crippen LogP contribution is 2.25. The van der Waals surface area contributed by atoms with E-state index < -0.39 is 0 Å². The lowest BCUT2D eigenvalue weighted by molar-refractivity contribution is -0.146. The van der Waals surface area contributed by atoms with Gasteiger partial charge in [-0.3, -0.25) is 9.59 Å². The first-order valence-corrected chi connectivity index (χ1v) is 7.08. The van der Waals surface area contributed by atoms with Crippen molar-refractivity contribution in [1.29, 1.82) is 0 Å². The van der Waals surface area contributed by atoms with Gasteiger partial charge in [0.2, 0.25) is 0 Å². The highest BCUT2D eigenvalue weighted by molar-refractivity contribution is 5.97. The first-order chi connectivity index (χ1) is 10.1. The van der Waals surface area contributed by atoms with Gasteiger partial charge in [0.1, 0.15) is 5.75 Å². The summed E-state index contributed by atoms with van der Waals surface area (Å²) in [6, 6.07) is 5.52. The number of hydrogen-bond acceptors (Lipinski definition) is 4. The molecule has 21 heavy (non-hydrogen) atoms. The molecule has 0 spiro atoms. The van der Waals surface area contributed by atoms with Crippen LogP contribution in [0.25, 0.3) is 0 Å². The second-order valence-corrected chi connectivity index (χ2v) is 5.32. The molecule has 0 radical (unpaired) electrons. The molecule has 0 saturated carbocycles. The molecule has 2 rings (SSSR count). The Balaban J connectivity index is 2.19. The fraction of sp³-hybridized carbons (Fsp3) is 0.500. The summed E-state index contributed by atoms with van der Waals surface area (Å²) in [6.45, 7) is 3.00. The molecule has 1 amide bonds. The molecule has 0 N–H and O–H groups in total. The maximum Gasteiger partial charge on any atom is 0.310 e.